The second kappa shape index (κ2) is 5.46. The van der Waals surface area contributed by atoms with E-state index < -0.39 is 11.4 Å². The van der Waals surface area contributed by atoms with Gasteiger partial charge >= 0.3 is 5.97 Å². The molecule has 0 saturated carbocycles. The van der Waals surface area contributed by atoms with Crippen molar-refractivity contribution in [3.05, 3.63) is 30.0 Å². The smallest absolute Gasteiger partial charge is 0.371 e. The average molecular weight is 303 g/mol. The fourth-order valence-electron chi connectivity index (χ4n) is 2.62. The van der Waals surface area contributed by atoms with Gasteiger partial charge in [0, 0.05) is 17.7 Å². The number of aromatic carboxylic acids is 1. The monoisotopic (exact) mass is 303 g/mol. The highest BCUT2D eigenvalue weighted by Gasteiger charge is 2.35. The highest BCUT2D eigenvalue weighted by atomic mass is 16.5. The molecule has 1 aliphatic heterocycles. The van der Waals surface area contributed by atoms with Crippen LogP contribution in [0.4, 0.5) is 5.69 Å². The summed E-state index contributed by atoms with van der Waals surface area (Å²) in [7, 11) is 0. The Morgan fingerprint density at radius 2 is 2.14 bits per heavy atom. The van der Waals surface area contributed by atoms with Crippen molar-refractivity contribution >= 4 is 28.5 Å². The van der Waals surface area contributed by atoms with Gasteiger partial charge in [0.2, 0.25) is 11.7 Å². The number of carbonyl (C=O) groups excluding carboxylic acids is 1. The lowest BCUT2D eigenvalue weighted by molar-refractivity contribution is -0.131. The number of carboxylic acids is 1. The lowest BCUT2D eigenvalue weighted by Crippen LogP contribution is -2.40. The highest BCUT2D eigenvalue weighted by Crippen LogP contribution is 2.30. The molecule has 1 aromatic heterocycles. The number of furan rings is 1. The number of anilines is 1. The van der Waals surface area contributed by atoms with Gasteiger partial charge in [-0.2, -0.15) is 0 Å². The van der Waals surface area contributed by atoms with Crippen LogP contribution in [0.1, 0.15) is 30.3 Å². The lowest BCUT2D eigenvalue weighted by atomic mass is 9.84. The Morgan fingerprint density at radius 1 is 1.32 bits per heavy atom. The summed E-state index contributed by atoms with van der Waals surface area (Å²) in [6.07, 6.45) is 1.66. The van der Waals surface area contributed by atoms with E-state index in [2.05, 4.69) is 5.32 Å². The Kier molecular flexibility index (Phi) is 3.62. The molecule has 2 N–H and O–H groups in total. The fraction of sp³-hybridized carbons (Fsp3) is 0.375. The standard InChI is InChI=1S/C16H17NO5/c1-16(5-2-6-21-9-16)15(20)17-11-3-4-12-10(7-11)8-13(22-12)14(18)19/h3-4,7-8H,2,5-6,9H2,1H3,(H,17,20)(H,18,19)/t16-/m0/s1. The van der Waals surface area contributed by atoms with Gasteiger partial charge in [-0.05, 0) is 44.0 Å². The molecule has 2 aromatic rings. The molecule has 1 aromatic carbocycles. The zero-order valence-electron chi connectivity index (χ0n) is 12.2. The van der Waals surface area contributed by atoms with E-state index in [1.807, 2.05) is 6.92 Å². The zero-order valence-corrected chi connectivity index (χ0v) is 12.2. The number of carboxylic acid groups (broad SMARTS) is 1. The first-order valence-electron chi connectivity index (χ1n) is 7.14. The van der Waals surface area contributed by atoms with Gasteiger partial charge in [0.05, 0.1) is 12.0 Å². The molecule has 1 saturated heterocycles. The molecule has 0 aliphatic carbocycles. The Bertz CT molecular complexity index is 727. The Hall–Kier alpha value is -2.34. The number of ether oxygens (including phenoxy) is 1. The number of rotatable bonds is 3. The summed E-state index contributed by atoms with van der Waals surface area (Å²) in [5.74, 6) is -1.33. The zero-order chi connectivity index (χ0) is 15.7. The van der Waals surface area contributed by atoms with Crippen LogP contribution in [0.3, 0.4) is 0 Å². The third kappa shape index (κ3) is 2.69. The van der Waals surface area contributed by atoms with E-state index in [4.69, 9.17) is 14.3 Å². The van der Waals surface area contributed by atoms with Crippen LogP contribution in [0.2, 0.25) is 0 Å². The molecule has 6 heteroatoms. The second-order valence-corrected chi connectivity index (χ2v) is 5.84. The van der Waals surface area contributed by atoms with E-state index in [0.29, 0.717) is 29.9 Å². The van der Waals surface area contributed by atoms with Crippen LogP contribution in [0.25, 0.3) is 11.0 Å². The Balaban J connectivity index is 1.81. The largest absolute Gasteiger partial charge is 0.475 e. The van der Waals surface area contributed by atoms with Crippen molar-refractivity contribution in [3.8, 4) is 0 Å². The van der Waals surface area contributed by atoms with E-state index in [-0.39, 0.29) is 11.7 Å². The van der Waals surface area contributed by atoms with Crippen molar-refractivity contribution < 1.29 is 23.8 Å². The van der Waals surface area contributed by atoms with E-state index in [1.54, 1.807) is 18.2 Å². The van der Waals surface area contributed by atoms with Crippen LogP contribution >= 0.6 is 0 Å². The molecule has 116 valence electrons. The minimum Gasteiger partial charge on any atom is -0.475 e. The van der Waals surface area contributed by atoms with Crippen LogP contribution in [-0.2, 0) is 9.53 Å². The predicted octanol–water partition coefficient (Wildman–Crippen LogP) is 2.89. The van der Waals surface area contributed by atoms with Crippen LogP contribution in [0, 0.1) is 5.41 Å². The van der Waals surface area contributed by atoms with Gasteiger partial charge in [-0.3, -0.25) is 4.79 Å². The molecule has 0 unspecified atom stereocenters. The minimum absolute atomic E-state index is 0.0893. The first-order valence-corrected chi connectivity index (χ1v) is 7.14. The van der Waals surface area contributed by atoms with Crippen molar-refractivity contribution in [1.82, 2.24) is 0 Å². The molecule has 1 aliphatic rings. The molecule has 1 amide bonds. The maximum Gasteiger partial charge on any atom is 0.371 e. The van der Waals surface area contributed by atoms with Gasteiger partial charge in [-0.25, -0.2) is 4.79 Å². The van der Waals surface area contributed by atoms with E-state index in [0.717, 1.165) is 12.8 Å². The molecule has 0 radical (unpaired) electrons. The molecule has 0 bridgehead atoms. The Morgan fingerprint density at radius 3 is 2.82 bits per heavy atom. The summed E-state index contributed by atoms with van der Waals surface area (Å²) in [5.41, 5.74) is 0.556. The number of amides is 1. The normalized spacial score (nSPS) is 21.7. The van der Waals surface area contributed by atoms with Crippen LogP contribution < -0.4 is 5.32 Å². The third-order valence-corrected chi connectivity index (χ3v) is 3.97. The van der Waals surface area contributed by atoms with Gasteiger partial charge in [0.25, 0.3) is 0 Å². The van der Waals surface area contributed by atoms with Gasteiger partial charge in [-0.15, -0.1) is 0 Å². The summed E-state index contributed by atoms with van der Waals surface area (Å²) in [5, 5.41) is 12.4. The molecular formula is C16H17NO5. The molecule has 6 nitrogen and oxygen atoms in total. The van der Waals surface area contributed by atoms with Crippen LogP contribution in [0.15, 0.2) is 28.7 Å². The molecule has 1 fully saturated rings. The SMILES string of the molecule is C[C@]1(C(=O)Nc2ccc3oc(C(=O)O)cc3c2)CCCOC1. The van der Waals surface area contributed by atoms with E-state index in [9.17, 15) is 9.59 Å². The van der Waals surface area contributed by atoms with Crippen LogP contribution in [-0.4, -0.2) is 30.2 Å². The van der Waals surface area contributed by atoms with Crippen LogP contribution in [0.5, 0.6) is 0 Å². The number of hydrogen-bond donors (Lipinski definition) is 2. The van der Waals surface area contributed by atoms with Crippen molar-refractivity contribution in [1.29, 1.82) is 0 Å². The number of carbonyl (C=O) groups is 2. The molecular weight excluding hydrogens is 286 g/mol. The molecule has 1 atom stereocenters. The van der Waals surface area contributed by atoms with Gasteiger partial charge < -0.3 is 19.6 Å². The third-order valence-electron chi connectivity index (χ3n) is 3.97. The maximum absolute atomic E-state index is 12.4. The summed E-state index contributed by atoms with van der Waals surface area (Å²) in [6, 6.07) is 6.49. The maximum atomic E-state index is 12.4. The molecule has 2 heterocycles. The predicted molar refractivity (Wildman–Crippen MR) is 80.0 cm³/mol. The van der Waals surface area contributed by atoms with E-state index in [1.165, 1.54) is 6.07 Å². The first kappa shape index (κ1) is 14.6. The molecule has 3 rings (SSSR count). The summed E-state index contributed by atoms with van der Waals surface area (Å²) in [6.45, 7) is 3.00. The highest BCUT2D eigenvalue weighted by molar-refractivity contribution is 5.98. The fourth-order valence-corrected chi connectivity index (χ4v) is 2.62. The topological polar surface area (TPSA) is 88.8 Å². The van der Waals surface area contributed by atoms with Gasteiger partial charge in [-0.1, -0.05) is 0 Å². The number of nitrogens with one attached hydrogen (secondary N) is 1. The minimum atomic E-state index is -1.12. The quantitative estimate of drug-likeness (QED) is 0.910. The summed E-state index contributed by atoms with van der Waals surface area (Å²) in [4.78, 5) is 23.3. The first-order chi connectivity index (χ1) is 10.5. The summed E-state index contributed by atoms with van der Waals surface area (Å²) >= 11 is 0. The number of benzene rings is 1. The Labute approximate surface area is 127 Å². The molecule has 0 spiro atoms. The molecule has 22 heavy (non-hydrogen) atoms. The van der Waals surface area contributed by atoms with E-state index >= 15 is 0 Å². The van der Waals surface area contributed by atoms with Crippen molar-refractivity contribution in [2.75, 3.05) is 18.5 Å². The van der Waals surface area contributed by atoms with Crippen molar-refractivity contribution in [3.63, 3.8) is 0 Å². The number of fused-ring (bicyclic) bond motifs is 1. The van der Waals surface area contributed by atoms with Gasteiger partial charge in [0.1, 0.15) is 5.58 Å². The lowest BCUT2D eigenvalue weighted by Gasteiger charge is -2.31. The summed E-state index contributed by atoms with van der Waals surface area (Å²) < 4.78 is 10.6. The van der Waals surface area contributed by atoms with Crippen molar-refractivity contribution in [2.24, 2.45) is 5.41 Å². The second-order valence-electron chi connectivity index (χ2n) is 5.84. The van der Waals surface area contributed by atoms with Gasteiger partial charge in [0.15, 0.2) is 0 Å². The van der Waals surface area contributed by atoms with Crippen molar-refractivity contribution in [2.45, 2.75) is 19.8 Å². The number of hydrogen-bond acceptors (Lipinski definition) is 4. The average Bonchev–Trinajstić information content (AvgIpc) is 2.91.